The lowest BCUT2D eigenvalue weighted by Gasteiger charge is -2.19. The summed E-state index contributed by atoms with van der Waals surface area (Å²) >= 11 is 5.85. The van der Waals surface area contributed by atoms with Gasteiger partial charge in [0.1, 0.15) is 5.15 Å². The average molecular weight is 227 g/mol. The van der Waals surface area contributed by atoms with E-state index in [1.165, 1.54) is 18.4 Å². The number of nitrogens with one attached hydrogen (secondary N) is 1. The second-order valence-electron chi connectivity index (χ2n) is 3.99. The van der Waals surface area contributed by atoms with Crippen LogP contribution in [0.15, 0.2) is 18.3 Å². The Morgan fingerprint density at radius 2 is 2.20 bits per heavy atom. The number of rotatable bonds is 5. The molecule has 0 amide bonds. The fourth-order valence-electron chi connectivity index (χ4n) is 1.73. The summed E-state index contributed by atoms with van der Waals surface area (Å²) in [7, 11) is 0. The maximum atomic E-state index is 5.85. The first-order valence-electron chi connectivity index (χ1n) is 5.51. The zero-order valence-electron chi connectivity index (χ0n) is 9.63. The van der Waals surface area contributed by atoms with Crippen molar-refractivity contribution in [1.82, 2.24) is 10.3 Å². The number of hydrogen-bond donors (Lipinski definition) is 1. The van der Waals surface area contributed by atoms with E-state index in [0.29, 0.717) is 17.2 Å². The van der Waals surface area contributed by atoms with Crippen LogP contribution in [-0.4, -0.2) is 11.0 Å². The zero-order valence-corrected chi connectivity index (χ0v) is 10.4. The highest BCUT2D eigenvalue weighted by Gasteiger charge is 2.08. The van der Waals surface area contributed by atoms with Crippen LogP contribution < -0.4 is 5.32 Å². The van der Waals surface area contributed by atoms with Gasteiger partial charge in [0.25, 0.3) is 0 Å². The molecule has 0 aromatic carbocycles. The molecule has 1 aromatic heterocycles. The predicted molar refractivity (Wildman–Crippen MR) is 65.2 cm³/mol. The van der Waals surface area contributed by atoms with Crippen LogP contribution in [0.5, 0.6) is 0 Å². The van der Waals surface area contributed by atoms with Crippen molar-refractivity contribution in [3.8, 4) is 0 Å². The van der Waals surface area contributed by atoms with Crippen LogP contribution in [-0.2, 0) is 0 Å². The molecule has 1 heterocycles. The first-order valence-corrected chi connectivity index (χ1v) is 5.88. The Labute approximate surface area is 97.1 Å². The quantitative estimate of drug-likeness (QED) is 0.777. The van der Waals surface area contributed by atoms with Gasteiger partial charge in [0.15, 0.2) is 0 Å². The molecule has 0 saturated heterocycles. The molecule has 0 aliphatic carbocycles. The molecule has 1 N–H and O–H groups in total. The standard InChI is InChI=1S/C12H19ClN2/c1-4-5-9(2)15-10(3)11-6-7-14-12(13)8-11/h6-10,15H,4-5H2,1-3H3. The molecule has 0 fully saturated rings. The van der Waals surface area contributed by atoms with E-state index in [2.05, 4.69) is 31.1 Å². The van der Waals surface area contributed by atoms with E-state index < -0.39 is 0 Å². The van der Waals surface area contributed by atoms with E-state index in [4.69, 9.17) is 11.6 Å². The van der Waals surface area contributed by atoms with E-state index in [-0.39, 0.29) is 0 Å². The number of hydrogen-bond acceptors (Lipinski definition) is 2. The van der Waals surface area contributed by atoms with Gasteiger partial charge in [-0.05, 0) is 38.0 Å². The Kier molecular flexibility index (Phi) is 5.06. The van der Waals surface area contributed by atoms with Gasteiger partial charge in [0.2, 0.25) is 0 Å². The van der Waals surface area contributed by atoms with Crippen LogP contribution in [0.3, 0.4) is 0 Å². The fourth-order valence-corrected chi connectivity index (χ4v) is 1.91. The van der Waals surface area contributed by atoms with E-state index >= 15 is 0 Å². The highest BCUT2D eigenvalue weighted by molar-refractivity contribution is 6.29. The molecule has 0 spiro atoms. The van der Waals surface area contributed by atoms with E-state index in [0.717, 1.165) is 0 Å². The first kappa shape index (κ1) is 12.5. The van der Waals surface area contributed by atoms with E-state index in [9.17, 15) is 0 Å². The summed E-state index contributed by atoms with van der Waals surface area (Å²) < 4.78 is 0. The van der Waals surface area contributed by atoms with Gasteiger partial charge < -0.3 is 5.32 Å². The Hall–Kier alpha value is -0.600. The fraction of sp³-hybridized carbons (Fsp3) is 0.583. The zero-order chi connectivity index (χ0) is 11.3. The van der Waals surface area contributed by atoms with Crippen LogP contribution in [0.1, 0.15) is 45.2 Å². The number of aromatic nitrogens is 1. The largest absolute Gasteiger partial charge is 0.308 e. The molecule has 1 rings (SSSR count). The van der Waals surface area contributed by atoms with Crippen LogP contribution in [0.25, 0.3) is 0 Å². The molecule has 15 heavy (non-hydrogen) atoms. The van der Waals surface area contributed by atoms with Crippen molar-refractivity contribution < 1.29 is 0 Å². The van der Waals surface area contributed by atoms with Crippen LogP contribution in [0.4, 0.5) is 0 Å². The Morgan fingerprint density at radius 3 is 2.80 bits per heavy atom. The maximum absolute atomic E-state index is 5.85. The molecular formula is C12H19ClN2. The Bertz CT molecular complexity index is 301. The van der Waals surface area contributed by atoms with Crippen molar-refractivity contribution in [2.75, 3.05) is 0 Å². The Balaban J connectivity index is 2.56. The van der Waals surface area contributed by atoms with Gasteiger partial charge in [-0.25, -0.2) is 4.98 Å². The highest BCUT2D eigenvalue weighted by Crippen LogP contribution is 2.16. The average Bonchev–Trinajstić information content (AvgIpc) is 2.18. The summed E-state index contributed by atoms with van der Waals surface area (Å²) in [5.74, 6) is 0. The Morgan fingerprint density at radius 1 is 1.47 bits per heavy atom. The SMILES string of the molecule is CCCC(C)NC(C)c1ccnc(Cl)c1. The molecule has 0 saturated carbocycles. The van der Waals surface area contributed by atoms with Gasteiger partial charge in [-0.2, -0.15) is 0 Å². The molecule has 0 aliphatic heterocycles. The van der Waals surface area contributed by atoms with Crippen molar-refractivity contribution in [2.45, 2.75) is 45.7 Å². The summed E-state index contributed by atoms with van der Waals surface area (Å²) in [5.41, 5.74) is 1.19. The second-order valence-corrected chi connectivity index (χ2v) is 4.38. The van der Waals surface area contributed by atoms with E-state index in [1.807, 2.05) is 12.1 Å². The topological polar surface area (TPSA) is 24.9 Å². The number of halogens is 1. The van der Waals surface area contributed by atoms with Gasteiger partial charge in [-0.1, -0.05) is 24.9 Å². The summed E-state index contributed by atoms with van der Waals surface area (Å²) in [6.07, 6.45) is 4.15. The van der Waals surface area contributed by atoms with E-state index in [1.54, 1.807) is 6.20 Å². The lowest BCUT2D eigenvalue weighted by atomic mass is 10.1. The van der Waals surface area contributed by atoms with Crippen LogP contribution in [0.2, 0.25) is 5.15 Å². The molecule has 0 aliphatic rings. The van der Waals surface area contributed by atoms with Gasteiger partial charge in [0.05, 0.1) is 0 Å². The molecule has 84 valence electrons. The molecule has 2 nitrogen and oxygen atoms in total. The molecule has 2 atom stereocenters. The molecule has 1 aromatic rings. The van der Waals surface area contributed by atoms with Crippen molar-refractivity contribution in [3.05, 3.63) is 29.0 Å². The first-order chi connectivity index (χ1) is 7.13. The third-order valence-electron chi connectivity index (χ3n) is 2.51. The minimum Gasteiger partial charge on any atom is -0.308 e. The monoisotopic (exact) mass is 226 g/mol. The van der Waals surface area contributed by atoms with Gasteiger partial charge in [-0.15, -0.1) is 0 Å². The third-order valence-corrected chi connectivity index (χ3v) is 2.71. The summed E-state index contributed by atoms with van der Waals surface area (Å²) in [4.78, 5) is 3.98. The lowest BCUT2D eigenvalue weighted by molar-refractivity contribution is 0.452. The van der Waals surface area contributed by atoms with Crippen molar-refractivity contribution in [1.29, 1.82) is 0 Å². The van der Waals surface area contributed by atoms with Crippen molar-refractivity contribution in [2.24, 2.45) is 0 Å². The summed E-state index contributed by atoms with van der Waals surface area (Å²) in [6.45, 7) is 6.56. The third kappa shape index (κ3) is 4.18. The van der Waals surface area contributed by atoms with Crippen molar-refractivity contribution in [3.63, 3.8) is 0 Å². The maximum Gasteiger partial charge on any atom is 0.129 e. The molecule has 3 heteroatoms. The smallest absolute Gasteiger partial charge is 0.129 e. The lowest BCUT2D eigenvalue weighted by Crippen LogP contribution is -2.28. The predicted octanol–water partition coefficient (Wildman–Crippen LogP) is 3.57. The minimum atomic E-state index is 0.326. The van der Waals surface area contributed by atoms with Crippen molar-refractivity contribution >= 4 is 11.6 Å². The van der Waals surface area contributed by atoms with Gasteiger partial charge in [0, 0.05) is 18.3 Å². The normalized spacial score (nSPS) is 14.9. The number of nitrogens with zero attached hydrogens (tertiary/aromatic N) is 1. The molecular weight excluding hydrogens is 208 g/mol. The minimum absolute atomic E-state index is 0.326. The highest BCUT2D eigenvalue weighted by atomic mass is 35.5. The molecule has 0 bridgehead atoms. The van der Waals surface area contributed by atoms with Gasteiger partial charge >= 0.3 is 0 Å². The van der Waals surface area contributed by atoms with Crippen LogP contribution in [0, 0.1) is 0 Å². The molecule has 2 unspecified atom stereocenters. The summed E-state index contributed by atoms with van der Waals surface area (Å²) in [5, 5.41) is 4.10. The molecule has 0 radical (unpaired) electrons. The second kappa shape index (κ2) is 6.09. The van der Waals surface area contributed by atoms with Gasteiger partial charge in [-0.3, -0.25) is 0 Å². The number of pyridine rings is 1. The van der Waals surface area contributed by atoms with Crippen LogP contribution >= 0.6 is 11.6 Å². The summed E-state index contributed by atoms with van der Waals surface area (Å²) in [6, 6.07) is 4.78.